The first-order valence-electron chi connectivity index (χ1n) is 6.44. The molecule has 0 aromatic heterocycles. The highest BCUT2D eigenvalue weighted by Gasteiger charge is 2.29. The number of hydrogen-bond acceptors (Lipinski definition) is 3. The van der Waals surface area contributed by atoms with E-state index in [-0.39, 0.29) is 11.4 Å². The molecule has 0 aliphatic carbocycles. The molecule has 1 saturated heterocycles. The Kier molecular flexibility index (Phi) is 4.19. The summed E-state index contributed by atoms with van der Waals surface area (Å²) < 4.78 is 18.8. The van der Waals surface area contributed by atoms with Gasteiger partial charge in [-0.3, -0.25) is 0 Å². The summed E-state index contributed by atoms with van der Waals surface area (Å²) in [5.74, 6) is 0.000904. The minimum atomic E-state index is -0.313. The molecular weight excluding hydrogens is 231 g/mol. The Morgan fingerprint density at radius 2 is 2.00 bits per heavy atom. The number of rotatable bonds is 4. The molecule has 0 spiro atoms. The molecule has 0 saturated carbocycles. The van der Waals surface area contributed by atoms with Crippen LogP contribution in [-0.2, 0) is 0 Å². The van der Waals surface area contributed by atoms with E-state index in [4.69, 9.17) is 10.5 Å². The van der Waals surface area contributed by atoms with Crippen molar-refractivity contribution in [3.8, 4) is 5.75 Å². The van der Waals surface area contributed by atoms with Crippen LogP contribution in [0.15, 0.2) is 24.3 Å². The largest absolute Gasteiger partial charge is 0.490 e. The maximum Gasteiger partial charge on any atom is 0.165 e. The minimum absolute atomic E-state index is 0.155. The molecule has 1 aromatic rings. The van der Waals surface area contributed by atoms with Crippen molar-refractivity contribution >= 4 is 0 Å². The highest BCUT2D eigenvalue weighted by Crippen LogP contribution is 2.23. The summed E-state index contributed by atoms with van der Waals surface area (Å²) in [5.41, 5.74) is 6.17. The summed E-state index contributed by atoms with van der Waals surface area (Å²) in [6, 6.07) is 6.48. The van der Waals surface area contributed by atoms with Gasteiger partial charge in [-0.1, -0.05) is 12.1 Å². The van der Waals surface area contributed by atoms with Crippen molar-refractivity contribution in [3.63, 3.8) is 0 Å². The first kappa shape index (κ1) is 13.3. The Bertz CT molecular complexity index is 389. The second-order valence-corrected chi connectivity index (χ2v) is 5.19. The fraction of sp³-hybridized carbons (Fsp3) is 0.571. The third kappa shape index (κ3) is 3.43. The SMILES string of the molecule is CN1CCC(N)(CCOc2ccccc2F)CC1. The Balaban J connectivity index is 1.80. The van der Waals surface area contributed by atoms with Gasteiger partial charge in [-0.25, -0.2) is 4.39 Å². The zero-order valence-corrected chi connectivity index (χ0v) is 10.9. The fourth-order valence-electron chi connectivity index (χ4n) is 2.24. The predicted octanol–water partition coefficient (Wildman–Crippen LogP) is 2.02. The zero-order valence-electron chi connectivity index (χ0n) is 10.9. The van der Waals surface area contributed by atoms with Crippen LogP contribution in [0.2, 0.25) is 0 Å². The van der Waals surface area contributed by atoms with Crippen LogP contribution >= 0.6 is 0 Å². The summed E-state index contributed by atoms with van der Waals surface area (Å²) >= 11 is 0. The molecule has 0 bridgehead atoms. The van der Waals surface area contributed by atoms with Crippen LogP contribution < -0.4 is 10.5 Å². The van der Waals surface area contributed by atoms with E-state index >= 15 is 0 Å². The van der Waals surface area contributed by atoms with E-state index in [0.29, 0.717) is 12.4 Å². The average Bonchev–Trinajstić information content (AvgIpc) is 2.36. The third-order valence-corrected chi connectivity index (χ3v) is 3.68. The van der Waals surface area contributed by atoms with E-state index in [1.165, 1.54) is 6.07 Å². The van der Waals surface area contributed by atoms with Crippen LogP contribution in [0.4, 0.5) is 4.39 Å². The minimum Gasteiger partial charge on any atom is -0.490 e. The maximum atomic E-state index is 13.3. The van der Waals surface area contributed by atoms with Crippen molar-refractivity contribution in [1.29, 1.82) is 0 Å². The second kappa shape index (κ2) is 5.67. The van der Waals surface area contributed by atoms with E-state index in [1.807, 2.05) is 0 Å². The standard InChI is InChI=1S/C14H21FN2O/c1-17-9-6-14(16,7-10-17)8-11-18-13-5-3-2-4-12(13)15/h2-5H,6-11,16H2,1H3. The lowest BCUT2D eigenvalue weighted by atomic mass is 9.86. The van der Waals surface area contributed by atoms with Gasteiger partial charge in [-0.05, 0) is 51.5 Å². The summed E-state index contributed by atoms with van der Waals surface area (Å²) in [7, 11) is 2.11. The van der Waals surface area contributed by atoms with Crippen LogP contribution in [0, 0.1) is 5.82 Å². The van der Waals surface area contributed by atoms with E-state index in [9.17, 15) is 4.39 Å². The third-order valence-electron chi connectivity index (χ3n) is 3.68. The van der Waals surface area contributed by atoms with Gasteiger partial charge in [0.25, 0.3) is 0 Å². The Morgan fingerprint density at radius 3 is 2.67 bits per heavy atom. The molecule has 2 N–H and O–H groups in total. The van der Waals surface area contributed by atoms with Gasteiger partial charge in [0.05, 0.1) is 6.61 Å². The van der Waals surface area contributed by atoms with Gasteiger partial charge in [0, 0.05) is 5.54 Å². The normalized spacial score (nSPS) is 19.7. The highest BCUT2D eigenvalue weighted by atomic mass is 19.1. The van der Waals surface area contributed by atoms with Crippen molar-refractivity contribution in [2.45, 2.75) is 24.8 Å². The molecule has 2 rings (SSSR count). The van der Waals surface area contributed by atoms with Crippen LogP contribution in [0.25, 0.3) is 0 Å². The smallest absolute Gasteiger partial charge is 0.165 e. The molecule has 1 aromatic carbocycles. The number of piperidine rings is 1. The lowest BCUT2D eigenvalue weighted by Gasteiger charge is -2.37. The van der Waals surface area contributed by atoms with E-state index < -0.39 is 0 Å². The van der Waals surface area contributed by atoms with Crippen molar-refractivity contribution in [1.82, 2.24) is 4.90 Å². The van der Waals surface area contributed by atoms with Crippen LogP contribution in [0.5, 0.6) is 5.75 Å². The monoisotopic (exact) mass is 252 g/mol. The van der Waals surface area contributed by atoms with Gasteiger partial charge in [0.15, 0.2) is 11.6 Å². The van der Waals surface area contributed by atoms with Gasteiger partial charge in [-0.15, -0.1) is 0 Å². The van der Waals surface area contributed by atoms with Crippen LogP contribution in [-0.4, -0.2) is 37.2 Å². The number of benzene rings is 1. The summed E-state index contributed by atoms with van der Waals surface area (Å²) in [6.45, 7) is 2.52. The lowest BCUT2D eigenvalue weighted by Crippen LogP contribution is -2.50. The van der Waals surface area contributed by atoms with Crippen molar-refractivity contribution < 1.29 is 9.13 Å². The zero-order chi connectivity index (χ0) is 13.0. The maximum absolute atomic E-state index is 13.3. The molecular formula is C14H21FN2O. The summed E-state index contributed by atoms with van der Waals surface area (Å²) in [5, 5.41) is 0. The predicted molar refractivity (Wildman–Crippen MR) is 70.2 cm³/mol. The summed E-state index contributed by atoms with van der Waals surface area (Å²) in [4.78, 5) is 2.28. The van der Waals surface area contributed by atoms with Crippen LogP contribution in [0.3, 0.4) is 0 Å². The number of nitrogens with two attached hydrogens (primary N) is 1. The van der Waals surface area contributed by atoms with Crippen LogP contribution in [0.1, 0.15) is 19.3 Å². The topological polar surface area (TPSA) is 38.5 Å². The Labute approximate surface area is 108 Å². The van der Waals surface area contributed by atoms with E-state index in [2.05, 4.69) is 11.9 Å². The first-order valence-corrected chi connectivity index (χ1v) is 6.44. The quantitative estimate of drug-likeness (QED) is 0.891. The molecule has 0 amide bonds. The fourth-order valence-corrected chi connectivity index (χ4v) is 2.24. The molecule has 18 heavy (non-hydrogen) atoms. The molecule has 1 aliphatic rings. The van der Waals surface area contributed by atoms with Gasteiger partial charge >= 0.3 is 0 Å². The number of ether oxygens (including phenoxy) is 1. The molecule has 1 heterocycles. The highest BCUT2D eigenvalue weighted by molar-refractivity contribution is 5.23. The van der Waals surface area contributed by atoms with E-state index in [0.717, 1.165) is 32.4 Å². The van der Waals surface area contributed by atoms with Gasteiger partial charge < -0.3 is 15.4 Å². The number of para-hydroxylation sites is 1. The second-order valence-electron chi connectivity index (χ2n) is 5.19. The molecule has 3 nitrogen and oxygen atoms in total. The van der Waals surface area contributed by atoms with Gasteiger partial charge in [-0.2, -0.15) is 0 Å². The molecule has 1 fully saturated rings. The number of hydrogen-bond donors (Lipinski definition) is 1. The Hall–Kier alpha value is -1.13. The van der Waals surface area contributed by atoms with Crippen molar-refractivity contribution in [2.24, 2.45) is 5.73 Å². The molecule has 0 unspecified atom stereocenters. The van der Waals surface area contributed by atoms with Gasteiger partial charge in [0.2, 0.25) is 0 Å². The van der Waals surface area contributed by atoms with Crippen molar-refractivity contribution in [3.05, 3.63) is 30.1 Å². The average molecular weight is 252 g/mol. The molecule has 0 atom stereocenters. The molecule has 1 aliphatic heterocycles. The molecule has 0 radical (unpaired) electrons. The first-order chi connectivity index (χ1) is 8.59. The molecule has 100 valence electrons. The van der Waals surface area contributed by atoms with E-state index in [1.54, 1.807) is 18.2 Å². The van der Waals surface area contributed by atoms with Crippen molar-refractivity contribution in [2.75, 3.05) is 26.7 Å². The number of nitrogens with zero attached hydrogens (tertiary/aromatic N) is 1. The lowest BCUT2D eigenvalue weighted by molar-refractivity contribution is 0.158. The van der Waals surface area contributed by atoms with Gasteiger partial charge in [0.1, 0.15) is 0 Å². The number of likely N-dealkylation sites (tertiary alicyclic amines) is 1. The Morgan fingerprint density at radius 1 is 1.33 bits per heavy atom. The summed E-state index contributed by atoms with van der Waals surface area (Å²) in [6.07, 6.45) is 2.73. The molecule has 4 heteroatoms. The number of halogens is 1.